The van der Waals surface area contributed by atoms with Crippen molar-refractivity contribution in [3.8, 4) is 0 Å². The zero-order chi connectivity index (χ0) is 16.2. The van der Waals surface area contributed by atoms with Crippen LogP contribution in [0.2, 0.25) is 0 Å². The normalized spacial score (nSPS) is 10.4. The number of hydrogen-bond donors (Lipinski definition) is 1. The third-order valence-corrected chi connectivity index (χ3v) is 3.64. The van der Waals surface area contributed by atoms with Crippen LogP contribution in [0.5, 0.6) is 0 Å². The third-order valence-electron chi connectivity index (χ3n) is 3.64. The van der Waals surface area contributed by atoms with Crippen molar-refractivity contribution in [1.82, 2.24) is 15.2 Å². The molecule has 3 aromatic rings. The summed E-state index contributed by atoms with van der Waals surface area (Å²) in [5.41, 5.74) is 4.43. The monoisotopic (exact) mass is 305 g/mol. The largest absolute Gasteiger partial charge is 0.339 e. The van der Waals surface area contributed by atoms with E-state index < -0.39 is 0 Å². The van der Waals surface area contributed by atoms with Crippen LogP contribution in [0, 0.1) is 13.8 Å². The van der Waals surface area contributed by atoms with Crippen LogP contribution in [0.1, 0.15) is 11.1 Å². The minimum Gasteiger partial charge on any atom is -0.339 e. The van der Waals surface area contributed by atoms with Gasteiger partial charge >= 0.3 is 0 Å². The molecule has 0 radical (unpaired) electrons. The lowest BCUT2D eigenvalue weighted by molar-refractivity contribution is 0.932. The zero-order valence-electron chi connectivity index (χ0n) is 13.5. The molecular weight excluding hydrogens is 286 g/mol. The molecule has 0 spiro atoms. The zero-order valence-corrected chi connectivity index (χ0v) is 13.5. The highest BCUT2D eigenvalue weighted by molar-refractivity contribution is 5.62. The number of aromatic nitrogens is 3. The van der Waals surface area contributed by atoms with E-state index in [0.29, 0.717) is 11.8 Å². The van der Waals surface area contributed by atoms with Crippen LogP contribution in [0.15, 0.2) is 54.7 Å². The van der Waals surface area contributed by atoms with Crippen molar-refractivity contribution in [2.45, 2.75) is 13.8 Å². The van der Waals surface area contributed by atoms with E-state index in [0.717, 1.165) is 11.4 Å². The summed E-state index contributed by atoms with van der Waals surface area (Å²) in [7, 11) is 1.92. The van der Waals surface area contributed by atoms with Gasteiger partial charge in [-0.3, -0.25) is 0 Å². The Kier molecular flexibility index (Phi) is 4.19. The number of nitrogens with zero attached hydrogens (tertiary/aromatic N) is 4. The second-order valence-electron chi connectivity index (χ2n) is 5.48. The van der Waals surface area contributed by atoms with E-state index in [1.165, 1.54) is 11.1 Å². The molecule has 0 aliphatic heterocycles. The fraction of sp³-hybridized carbons (Fsp3) is 0.167. The van der Waals surface area contributed by atoms with Crippen molar-refractivity contribution in [3.63, 3.8) is 0 Å². The summed E-state index contributed by atoms with van der Waals surface area (Å²) in [5, 5.41) is 11.5. The standard InChI is InChI=1S/C18H19N5/c1-13-9-10-16(14(2)11-13)20-17-12-19-22-18(21-17)23(3)15-7-5-4-6-8-15/h4-12H,1-3H3,(H,20,21,22). The molecule has 5 nitrogen and oxygen atoms in total. The minimum absolute atomic E-state index is 0.547. The predicted octanol–water partition coefficient (Wildman–Crippen LogP) is 4.00. The number of aryl methyl sites for hydroxylation is 2. The van der Waals surface area contributed by atoms with Crippen LogP contribution in [0.4, 0.5) is 23.1 Å². The van der Waals surface area contributed by atoms with Gasteiger partial charge in [-0.25, -0.2) is 0 Å². The number of nitrogens with one attached hydrogen (secondary N) is 1. The molecule has 0 amide bonds. The summed E-state index contributed by atoms with van der Waals surface area (Å²) in [6, 6.07) is 16.2. The first-order valence-corrected chi connectivity index (χ1v) is 7.46. The molecule has 1 aromatic heterocycles. The van der Waals surface area contributed by atoms with E-state index in [1.54, 1.807) is 6.20 Å². The quantitative estimate of drug-likeness (QED) is 0.789. The van der Waals surface area contributed by atoms with Crippen LogP contribution >= 0.6 is 0 Å². The summed E-state index contributed by atoms with van der Waals surface area (Å²) < 4.78 is 0. The maximum atomic E-state index is 4.55. The van der Waals surface area contributed by atoms with Crippen LogP contribution < -0.4 is 10.2 Å². The molecule has 0 fully saturated rings. The Bertz CT molecular complexity index is 802. The molecule has 0 saturated carbocycles. The van der Waals surface area contributed by atoms with Gasteiger partial charge in [0.25, 0.3) is 5.95 Å². The summed E-state index contributed by atoms with van der Waals surface area (Å²) in [5.74, 6) is 1.22. The molecule has 0 aliphatic rings. The van der Waals surface area contributed by atoms with Crippen LogP contribution in [-0.2, 0) is 0 Å². The SMILES string of the molecule is Cc1ccc(Nc2cnnc(N(C)c3ccccc3)n2)c(C)c1. The Morgan fingerprint density at radius 3 is 2.52 bits per heavy atom. The average Bonchev–Trinajstić information content (AvgIpc) is 2.58. The number of para-hydroxylation sites is 1. The second-order valence-corrected chi connectivity index (χ2v) is 5.48. The van der Waals surface area contributed by atoms with Gasteiger partial charge in [0.1, 0.15) is 0 Å². The van der Waals surface area contributed by atoms with Crippen molar-refractivity contribution in [1.29, 1.82) is 0 Å². The highest BCUT2D eigenvalue weighted by Crippen LogP contribution is 2.23. The van der Waals surface area contributed by atoms with Crippen molar-refractivity contribution < 1.29 is 0 Å². The van der Waals surface area contributed by atoms with Gasteiger partial charge in [0.2, 0.25) is 0 Å². The second kappa shape index (κ2) is 6.44. The van der Waals surface area contributed by atoms with E-state index in [9.17, 15) is 0 Å². The summed E-state index contributed by atoms with van der Waals surface area (Å²) in [4.78, 5) is 6.45. The molecule has 0 bridgehead atoms. The molecule has 0 unspecified atom stereocenters. The Morgan fingerprint density at radius 2 is 1.78 bits per heavy atom. The molecule has 116 valence electrons. The van der Waals surface area contributed by atoms with Crippen molar-refractivity contribution in [2.24, 2.45) is 0 Å². The molecule has 3 rings (SSSR count). The molecule has 1 N–H and O–H groups in total. The molecular formula is C18H19N5. The topological polar surface area (TPSA) is 53.9 Å². The summed E-state index contributed by atoms with van der Waals surface area (Å²) in [6.45, 7) is 4.15. The maximum Gasteiger partial charge on any atom is 0.251 e. The van der Waals surface area contributed by atoms with E-state index in [-0.39, 0.29) is 0 Å². The fourth-order valence-electron chi connectivity index (χ4n) is 2.36. The molecule has 5 heteroatoms. The first-order valence-electron chi connectivity index (χ1n) is 7.46. The summed E-state index contributed by atoms with van der Waals surface area (Å²) >= 11 is 0. The molecule has 2 aromatic carbocycles. The molecule has 0 aliphatic carbocycles. The number of anilines is 4. The smallest absolute Gasteiger partial charge is 0.251 e. The highest BCUT2D eigenvalue weighted by Gasteiger charge is 2.09. The maximum absolute atomic E-state index is 4.55. The lowest BCUT2D eigenvalue weighted by Crippen LogP contribution is -2.14. The lowest BCUT2D eigenvalue weighted by atomic mass is 10.1. The van der Waals surface area contributed by atoms with Crippen LogP contribution in [-0.4, -0.2) is 22.2 Å². The van der Waals surface area contributed by atoms with Gasteiger partial charge in [0, 0.05) is 18.4 Å². The Morgan fingerprint density at radius 1 is 1.00 bits per heavy atom. The van der Waals surface area contributed by atoms with Crippen molar-refractivity contribution in [3.05, 3.63) is 65.9 Å². The number of benzene rings is 2. The number of hydrogen-bond acceptors (Lipinski definition) is 5. The Balaban J connectivity index is 1.85. The first-order chi connectivity index (χ1) is 11.1. The third kappa shape index (κ3) is 3.45. The average molecular weight is 305 g/mol. The van der Waals surface area contributed by atoms with E-state index >= 15 is 0 Å². The Hall–Kier alpha value is -2.95. The minimum atomic E-state index is 0.547. The van der Waals surface area contributed by atoms with Crippen molar-refractivity contribution in [2.75, 3.05) is 17.3 Å². The fourth-order valence-corrected chi connectivity index (χ4v) is 2.36. The molecule has 1 heterocycles. The van der Waals surface area contributed by atoms with E-state index in [4.69, 9.17) is 0 Å². The van der Waals surface area contributed by atoms with Crippen LogP contribution in [0.3, 0.4) is 0 Å². The molecule has 0 saturated heterocycles. The van der Waals surface area contributed by atoms with Gasteiger partial charge < -0.3 is 10.2 Å². The van der Waals surface area contributed by atoms with E-state index in [1.807, 2.05) is 48.3 Å². The first kappa shape index (κ1) is 15.0. The number of rotatable bonds is 4. The molecule has 0 atom stereocenters. The van der Waals surface area contributed by atoms with Gasteiger partial charge in [-0.1, -0.05) is 35.9 Å². The van der Waals surface area contributed by atoms with Gasteiger partial charge in [0.05, 0.1) is 6.20 Å². The van der Waals surface area contributed by atoms with Gasteiger partial charge in [0.15, 0.2) is 5.82 Å². The predicted molar refractivity (Wildman–Crippen MR) is 93.5 cm³/mol. The van der Waals surface area contributed by atoms with E-state index in [2.05, 4.69) is 46.5 Å². The van der Waals surface area contributed by atoms with Gasteiger partial charge in [-0.2, -0.15) is 10.1 Å². The lowest BCUT2D eigenvalue weighted by Gasteiger charge is -2.17. The highest BCUT2D eigenvalue weighted by atomic mass is 15.3. The Labute approximate surface area is 136 Å². The van der Waals surface area contributed by atoms with Crippen LogP contribution in [0.25, 0.3) is 0 Å². The van der Waals surface area contributed by atoms with Gasteiger partial charge in [-0.15, -0.1) is 5.10 Å². The summed E-state index contributed by atoms with van der Waals surface area (Å²) in [6.07, 6.45) is 1.63. The molecule has 23 heavy (non-hydrogen) atoms. The van der Waals surface area contributed by atoms with Crippen molar-refractivity contribution >= 4 is 23.1 Å². The van der Waals surface area contributed by atoms with Gasteiger partial charge in [-0.05, 0) is 37.6 Å².